The Balaban J connectivity index is 1.74. The molecule has 0 spiro atoms. The molecule has 0 fully saturated rings. The number of anilines is 1. The SMILES string of the molecule is C[C@@H](C(=O)NCc1nc(-c2ccccc2Cl)no1)N(c1ccc(F)c(F)c1)S(C)(=O)=O. The standard InChI is InChI=1S/C19H17ClF2N4O4S/c1-11(26(31(2,28)29)12-7-8-15(21)16(22)9-12)19(27)23-10-17-24-18(25-30-17)13-5-3-4-6-14(13)20/h3-9,11H,10H2,1-2H3,(H,23,27)/t11-/m0/s1. The Morgan fingerprint density at radius 1 is 1.23 bits per heavy atom. The number of carbonyl (C=O) groups is 1. The lowest BCUT2D eigenvalue weighted by Gasteiger charge is -2.28. The number of benzene rings is 2. The monoisotopic (exact) mass is 470 g/mol. The molecule has 164 valence electrons. The molecular weight excluding hydrogens is 454 g/mol. The maximum absolute atomic E-state index is 13.6. The zero-order valence-corrected chi connectivity index (χ0v) is 17.9. The van der Waals surface area contributed by atoms with Crippen molar-refractivity contribution in [2.75, 3.05) is 10.6 Å². The highest BCUT2D eigenvalue weighted by Crippen LogP contribution is 2.25. The van der Waals surface area contributed by atoms with Crippen molar-refractivity contribution in [3.8, 4) is 11.4 Å². The number of nitrogens with one attached hydrogen (secondary N) is 1. The van der Waals surface area contributed by atoms with Gasteiger partial charge in [0.05, 0.1) is 23.5 Å². The van der Waals surface area contributed by atoms with Gasteiger partial charge in [0.2, 0.25) is 27.6 Å². The van der Waals surface area contributed by atoms with Gasteiger partial charge in [-0.25, -0.2) is 17.2 Å². The number of hydrogen-bond acceptors (Lipinski definition) is 6. The van der Waals surface area contributed by atoms with Crippen LogP contribution in [0.5, 0.6) is 0 Å². The molecule has 0 unspecified atom stereocenters. The first-order valence-corrected chi connectivity index (χ1v) is 11.1. The smallest absolute Gasteiger partial charge is 0.246 e. The molecule has 0 radical (unpaired) electrons. The molecule has 1 aromatic heterocycles. The van der Waals surface area contributed by atoms with Gasteiger partial charge in [-0.3, -0.25) is 9.10 Å². The Morgan fingerprint density at radius 2 is 1.94 bits per heavy atom. The van der Waals surface area contributed by atoms with E-state index >= 15 is 0 Å². The van der Waals surface area contributed by atoms with E-state index in [0.717, 1.165) is 18.4 Å². The number of hydrogen-bond donors (Lipinski definition) is 1. The highest BCUT2D eigenvalue weighted by Gasteiger charge is 2.30. The molecule has 2 aromatic carbocycles. The third kappa shape index (κ3) is 5.17. The van der Waals surface area contributed by atoms with E-state index in [2.05, 4.69) is 15.5 Å². The van der Waals surface area contributed by atoms with Crippen molar-refractivity contribution in [2.24, 2.45) is 0 Å². The molecule has 0 aliphatic heterocycles. The Morgan fingerprint density at radius 3 is 2.58 bits per heavy atom. The van der Waals surface area contributed by atoms with E-state index in [0.29, 0.717) is 21.0 Å². The Hall–Kier alpha value is -3.05. The van der Waals surface area contributed by atoms with Crippen LogP contribution in [0.25, 0.3) is 11.4 Å². The summed E-state index contributed by atoms with van der Waals surface area (Å²) in [6, 6.07) is 8.13. The van der Waals surface area contributed by atoms with Crippen molar-refractivity contribution in [1.82, 2.24) is 15.5 Å². The molecule has 12 heteroatoms. The molecule has 3 rings (SSSR count). The molecule has 31 heavy (non-hydrogen) atoms. The molecule has 0 aliphatic rings. The number of halogens is 3. The first kappa shape index (κ1) is 22.6. The summed E-state index contributed by atoms with van der Waals surface area (Å²) in [7, 11) is -3.99. The number of amides is 1. The Labute approximate surface area is 181 Å². The van der Waals surface area contributed by atoms with E-state index in [1.807, 2.05) is 0 Å². The highest BCUT2D eigenvalue weighted by molar-refractivity contribution is 7.92. The number of sulfonamides is 1. The van der Waals surface area contributed by atoms with Crippen molar-refractivity contribution in [1.29, 1.82) is 0 Å². The molecule has 8 nitrogen and oxygen atoms in total. The molecule has 0 bridgehead atoms. The van der Waals surface area contributed by atoms with Crippen LogP contribution in [0.4, 0.5) is 14.5 Å². The number of rotatable bonds is 7. The number of aromatic nitrogens is 2. The van der Waals surface area contributed by atoms with Crippen LogP contribution in [-0.4, -0.2) is 36.8 Å². The summed E-state index contributed by atoms with van der Waals surface area (Å²) in [6.07, 6.45) is 0.853. The third-order valence-corrected chi connectivity index (χ3v) is 5.81. The fraction of sp³-hybridized carbons (Fsp3) is 0.211. The van der Waals surface area contributed by atoms with Crippen molar-refractivity contribution in [3.63, 3.8) is 0 Å². The largest absolute Gasteiger partial charge is 0.345 e. The lowest BCUT2D eigenvalue weighted by Crippen LogP contribution is -2.47. The van der Waals surface area contributed by atoms with Crippen LogP contribution >= 0.6 is 11.6 Å². The van der Waals surface area contributed by atoms with Crippen LogP contribution < -0.4 is 9.62 Å². The van der Waals surface area contributed by atoms with E-state index in [9.17, 15) is 22.0 Å². The quantitative estimate of drug-likeness (QED) is 0.568. The fourth-order valence-electron chi connectivity index (χ4n) is 2.82. The molecule has 1 N–H and O–H groups in total. The van der Waals surface area contributed by atoms with Gasteiger partial charge in [-0.1, -0.05) is 28.9 Å². The van der Waals surface area contributed by atoms with Crippen molar-refractivity contribution >= 4 is 33.2 Å². The van der Waals surface area contributed by atoms with E-state index in [1.54, 1.807) is 24.3 Å². The van der Waals surface area contributed by atoms with Crippen LogP contribution in [0.1, 0.15) is 12.8 Å². The fourth-order valence-corrected chi connectivity index (χ4v) is 4.21. The second kappa shape index (κ2) is 8.98. The first-order chi connectivity index (χ1) is 14.6. The number of carbonyl (C=O) groups excluding carboxylic acids is 1. The summed E-state index contributed by atoms with van der Waals surface area (Å²) in [5, 5.41) is 6.71. The molecule has 1 atom stereocenters. The molecule has 0 saturated carbocycles. The summed E-state index contributed by atoms with van der Waals surface area (Å²) in [6.45, 7) is 1.12. The van der Waals surface area contributed by atoms with Gasteiger partial charge in [-0.05, 0) is 31.2 Å². The molecule has 0 aliphatic carbocycles. The topological polar surface area (TPSA) is 105 Å². The van der Waals surface area contributed by atoms with Crippen molar-refractivity contribution < 1.29 is 26.5 Å². The summed E-state index contributed by atoms with van der Waals surface area (Å²) in [5.41, 5.74) is 0.350. The lowest BCUT2D eigenvalue weighted by molar-refractivity contribution is -0.122. The minimum absolute atomic E-state index is 0.0641. The van der Waals surface area contributed by atoms with Gasteiger partial charge in [0, 0.05) is 11.6 Å². The van der Waals surface area contributed by atoms with Gasteiger partial charge in [0.1, 0.15) is 6.04 Å². The average Bonchev–Trinajstić information content (AvgIpc) is 3.17. The zero-order chi connectivity index (χ0) is 22.8. The lowest BCUT2D eigenvalue weighted by atomic mass is 10.2. The van der Waals surface area contributed by atoms with Gasteiger partial charge in [-0.15, -0.1) is 0 Å². The Kier molecular flexibility index (Phi) is 6.56. The third-order valence-electron chi connectivity index (χ3n) is 4.24. The summed E-state index contributed by atoms with van der Waals surface area (Å²) < 4.78 is 57.0. The van der Waals surface area contributed by atoms with Gasteiger partial charge in [0.25, 0.3) is 0 Å². The second-order valence-corrected chi connectivity index (χ2v) is 8.81. The minimum atomic E-state index is -3.99. The molecule has 3 aromatic rings. The van der Waals surface area contributed by atoms with Crippen LogP contribution in [0.3, 0.4) is 0 Å². The molecule has 0 saturated heterocycles. The predicted octanol–water partition coefficient (Wildman–Crippen LogP) is 3.14. The average molecular weight is 471 g/mol. The van der Waals surface area contributed by atoms with E-state index in [1.165, 1.54) is 6.92 Å². The highest BCUT2D eigenvalue weighted by atomic mass is 35.5. The van der Waals surface area contributed by atoms with E-state index < -0.39 is 33.6 Å². The van der Waals surface area contributed by atoms with Crippen LogP contribution in [-0.2, 0) is 21.4 Å². The molecule has 1 amide bonds. The summed E-state index contributed by atoms with van der Waals surface area (Å²) >= 11 is 6.09. The van der Waals surface area contributed by atoms with E-state index in [4.69, 9.17) is 16.1 Å². The molecule has 1 heterocycles. The van der Waals surface area contributed by atoms with Crippen LogP contribution in [0.15, 0.2) is 47.0 Å². The molecular formula is C19H17ClF2N4O4S. The van der Waals surface area contributed by atoms with Crippen LogP contribution in [0, 0.1) is 11.6 Å². The predicted molar refractivity (Wildman–Crippen MR) is 110 cm³/mol. The van der Waals surface area contributed by atoms with Gasteiger partial charge < -0.3 is 9.84 Å². The maximum Gasteiger partial charge on any atom is 0.246 e. The summed E-state index contributed by atoms with van der Waals surface area (Å²) in [5.74, 6) is -2.80. The first-order valence-electron chi connectivity index (χ1n) is 8.87. The van der Waals surface area contributed by atoms with Crippen LogP contribution in [0.2, 0.25) is 5.02 Å². The normalized spacial score (nSPS) is 12.4. The minimum Gasteiger partial charge on any atom is -0.345 e. The van der Waals surface area contributed by atoms with Crippen molar-refractivity contribution in [3.05, 3.63) is 65.0 Å². The Bertz CT molecular complexity index is 1220. The van der Waals surface area contributed by atoms with Gasteiger partial charge in [0.15, 0.2) is 11.6 Å². The maximum atomic E-state index is 13.6. The zero-order valence-electron chi connectivity index (χ0n) is 16.3. The van der Waals surface area contributed by atoms with Gasteiger partial charge >= 0.3 is 0 Å². The number of nitrogens with zero attached hydrogens (tertiary/aromatic N) is 3. The second-order valence-electron chi connectivity index (χ2n) is 6.54. The summed E-state index contributed by atoms with van der Waals surface area (Å²) in [4.78, 5) is 16.7. The van der Waals surface area contributed by atoms with E-state index in [-0.39, 0.29) is 23.9 Å². The van der Waals surface area contributed by atoms with Gasteiger partial charge in [-0.2, -0.15) is 4.98 Å². The van der Waals surface area contributed by atoms with Crippen molar-refractivity contribution in [2.45, 2.75) is 19.5 Å².